The van der Waals surface area contributed by atoms with Gasteiger partial charge in [0.25, 0.3) is 0 Å². The van der Waals surface area contributed by atoms with Crippen molar-refractivity contribution in [1.29, 1.82) is 0 Å². The summed E-state index contributed by atoms with van der Waals surface area (Å²) in [6.07, 6.45) is 3.55. The summed E-state index contributed by atoms with van der Waals surface area (Å²) in [6, 6.07) is 8.43. The van der Waals surface area contributed by atoms with Gasteiger partial charge in [0.05, 0.1) is 15.2 Å². The van der Waals surface area contributed by atoms with E-state index in [4.69, 9.17) is 4.98 Å². The molecule has 0 bridgehead atoms. The first-order chi connectivity index (χ1) is 9.17. The van der Waals surface area contributed by atoms with Crippen LogP contribution in [0.3, 0.4) is 0 Å². The van der Waals surface area contributed by atoms with Crippen molar-refractivity contribution in [2.75, 3.05) is 13.1 Å². The predicted molar refractivity (Wildman–Crippen MR) is 84.9 cm³/mol. The molecule has 0 spiro atoms. The van der Waals surface area contributed by atoms with Crippen LogP contribution in [0.15, 0.2) is 24.3 Å². The number of aromatic nitrogens is 1. The van der Waals surface area contributed by atoms with Crippen LogP contribution in [0.1, 0.15) is 38.6 Å². The molecule has 1 N–H and O–H groups in total. The Balaban J connectivity index is 2.15. The fraction of sp³-hybridized carbons (Fsp3) is 0.562. The van der Waals surface area contributed by atoms with Crippen LogP contribution >= 0.6 is 11.3 Å². The van der Waals surface area contributed by atoms with Gasteiger partial charge in [0, 0.05) is 13.0 Å². The van der Waals surface area contributed by atoms with Gasteiger partial charge in [-0.05, 0) is 30.5 Å². The van der Waals surface area contributed by atoms with Gasteiger partial charge in [-0.2, -0.15) is 0 Å². The first-order valence-electron chi connectivity index (χ1n) is 7.22. The van der Waals surface area contributed by atoms with Gasteiger partial charge in [-0.15, -0.1) is 11.3 Å². The van der Waals surface area contributed by atoms with Crippen molar-refractivity contribution in [3.05, 3.63) is 29.3 Å². The van der Waals surface area contributed by atoms with E-state index in [9.17, 15) is 0 Å². The molecule has 104 valence electrons. The van der Waals surface area contributed by atoms with Gasteiger partial charge in [-0.25, -0.2) is 4.98 Å². The molecule has 19 heavy (non-hydrogen) atoms. The Morgan fingerprint density at radius 3 is 2.74 bits per heavy atom. The largest absolute Gasteiger partial charge is 0.316 e. The van der Waals surface area contributed by atoms with E-state index in [1.54, 1.807) is 0 Å². The summed E-state index contributed by atoms with van der Waals surface area (Å²) < 4.78 is 1.31. The van der Waals surface area contributed by atoms with Crippen molar-refractivity contribution in [3.63, 3.8) is 0 Å². The van der Waals surface area contributed by atoms with Gasteiger partial charge in [0.1, 0.15) is 0 Å². The molecule has 2 aromatic rings. The highest BCUT2D eigenvalue weighted by Crippen LogP contribution is 2.31. The van der Waals surface area contributed by atoms with Crippen LogP contribution in [0.25, 0.3) is 10.2 Å². The van der Waals surface area contributed by atoms with Crippen LogP contribution in [-0.4, -0.2) is 18.1 Å². The summed E-state index contributed by atoms with van der Waals surface area (Å²) in [6.45, 7) is 8.93. The van der Waals surface area contributed by atoms with Gasteiger partial charge in [0.15, 0.2) is 0 Å². The minimum atomic E-state index is 0.318. The Labute approximate surface area is 120 Å². The third kappa shape index (κ3) is 3.77. The average Bonchev–Trinajstić information content (AvgIpc) is 2.78. The third-order valence-electron chi connectivity index (χ3n) is 3.57. The Morgan fingerprint density at radius 2 is 2.05 bits per heavy atom. The van der Waals surface area contributed by atoms with Crippen LogP contribution in [0.5, 0.6) is 0 Å². The zero-order valence-corrected chi connectivity index (χ0v) is 13.0. The van der Waals surface area contributed by atoms with Crippen LogP contribution in [0, 0.1) is 5.41 Å². The smallest absolute Gasteiger partial charge is 0.0944 e. The first kappa shape index (κ1) is 14.5. The second kappa shape index (κ2) is 6.49. The molecule has 0 aliphatic heterocycles. The molecular formula is C16H24N2S. The van der Waals surface area contributed by atoms with E-state index < -0.39 is 0 Å². The van der Waals surface area contributed by atoms with E-state index in [2.05, 4.69) is 50.4 Å². The summed E-state index contributed by atoms with van der Waals surface area (Å²) in [5.41, 5.74) is 1.46. The lowest BCUT2D eigenvalue weighted by molar-refractivity contribution is 0.277. The number of hydrogen-bond acceptors (Lipinski definition) is 3. The lowest BCUT2D eigenvalue weighted by atomic mass is 9.82. The SMILES string of the molecule is CCCC(C)(CNCC)Cc1nc2ccccc2s1. The zero-order chi connectivity index (χ0) is 13.7. The molecule has 2 rings (SSSR count). The molecule has 0 saturated heterocycles. The lowest BCUT2D eigenvalue weighted by Gasteiger charge is -2.28. The lowest BCUT2D eigenvalue weighted by Crippen LogP contribution is -2.33. The van der Waals surface area contributed by atoms with Crippen molar-refractivity contribution < 1.29 is 0 Å². The van der Waals surface area contributed by atoms with Crippen molar-refractivity contribution >= 4 is 21.6 Å². The third-order valence-corrected chi connectivity index (χ3v) is 4.61. The molecule has 0 fully saturated rings. The van der Waals surface area contributed by atoms with E-state index in [-0.39, 0.29) is 0 Å². The first-order valence-corrected chi connectivity index (χ1v) is 8.03. The van der Waals surface area contributed by atoms with E-state index in [0.29, 0.717) is 5.41 Å². The fourth-order valence-corrected chi connectivity index (χ4v) is 3.81. The number of benzene rings is 1. The van der Waals surface area contributed by atoms with Crippen LogP contribution in [-0.2, 0) is 6.42 Å². The summed E-state index contributed by atoms with van der Waals surface area (Å²) in [5.74, 6) is 0. The van der Waals surface area contributed by atoms with Gasteiger partial charge < -0.3 is 5.32 Å². The molecule has 2 nitrogen and oxygen atoms in total. The Bertz CT molecular complexity index is 487. The van der Waals surface area contributed by atoms with Gasteiger partial charge in [-0.3, -0.25) is 0 Å². The van der Waals surface area contributed by atoms with E-state index in [1.165, 1.54) is 22.5 Å². The van der Waals surface area contributed by atoms with Crippen molar-refractivity contribution in [2.24, 2.45) is 5.41 Å². The maximum absolute atomic E-state index is 4.78. The van der Waals surface area contributed by atoms with Crippen molar-refractivity contribution in [1.82, 2.24) is 10.3 Å². The van der Waals surface area contributed by atoms with E-state index in [1.807, 2.05) is 11.3 Å². The zero-order valence-electron chi connectivity index (χ0n) is 12.2. The van der Waals surface area contributed by atoms with Gasteiger partial charge in [-0.1, -0.05) is 39.3 Å². The molecule has 1 unspecified atom stereocenters. The predicted octanol–water partition coefficient (Wildman–Crippen LogP) is 4.25. The van der Waals surface area contributed by atoms with Gasteiger partial charge >= 0.3 is 0 Å². The number of rotatable bonds is 7. The van der Waals surface area contributed by atoms with Crippen LogP contribution < -0.4 is 5.32 Å². The number of thiazole rings is 1. The van der Waals surface area contributed by atoms with Crippen LogP contribution in [0.4, 0.5) is 0 Å². The maximum Gasteiger partial charge on any atom is 0.0944 e. The summed E-state index contributed by atoms with van der Waals surface area (Å²) in [4.78, 5) is 4.78. The highest BCUT2D eigenvalue weighted by Gasteiger charge is 2.24. The number of nitrogens with zero attached hydrogens (tertiary/aromatic N) is 1. The molecule has 0 amide bonds. The highest BCUT2D eigenvalue weighted by atomic mass is 32.1. The second-order valence-electron chi connectivity index (χ2n) is 5.59. The molecule has 0 aliphatic carbocycles. The van der Waals surface area contributed by atoms with E-state index in [0.717, 1.165) is 25.0 Å². The second-order valence-corrected chi connectivity index (χ2v) is 6.71. The topological polar surface area (TPSA) is 24.9 Å². The molecule has 0 radical (unpaired) electrons. The van der Waals surface area contributed by atoms with Gasteiger partial charge in [0.2, 0.25) is 0 Å². The summed E-state index contributed by atoms with van der Waals surface area (Å²) >= 11 is 1.84. The summed E-state index contributed by atoms with van der Waals surface area (Å²) in [7, 11) is 0. The molecule has 1 aromatic heterocycles. The summed E-state index contributed by atoms with van der Waals surface area (Å²) in [5, 5.41) is 4.78. The molecule has 3 heteroatoms. The minimum absolute atomic E-state index is 0.318. The fourth-order valence-electron chi connectivity index (χ4n) is 2.63. The molecule has 1 atom stereocenters. The van der Waals surface area contributed by atoms with E-state index >= 15 is 0 Å². The molecule has 0 saturated carbocycles. The molecule has 0 aliphatic rings. The number of hydrogen-bond donors (Lipinski definition) is 1. The Morgan fingerprint density at radius 1 is 1.26 bits per heavy atom. The number of fused-ring (bicyclic) bond motifs is 1. The Hall–Kier alpha value is -0.930. The Kier molecular flexibility index (Phi) is 4.94. The van der Waals surface area contributed by atoms with Crippen LogP contribution in [0.2, 0.25) is 0 Å². The normalized spacial score (nSPS) is 14.7. The maximum atomic E-state index is 4.78. The van der Waals surface area contributed by atoms with Crippen molar-refractivity contribution in [3.8, 4) is 0 Å². The highest BCUT2D eigenvalue weighted by molar-refractivity contribution is 7.18. The number of nitrogens with one attached hydrogen (secondary N) is 1. The molecule has 1 aromatic carbocycles. The average molecular weight is 276 g/mol. The number of para-hydroxylation sites is 1. The molecule has 1 heterocycles. The monoisotopic (exact) mass is 276 g/mol. The standard InChI is InChI=1S/C16H24N2S/c1-4-10-16(3,12-17-5-2)11-15-18-13-8-6-7-9-14(13)19-15/h6-9,17H,4-5,10-12H2,1-3H3. The van der Waals surface area contributed by atoms with Crippen molar-refractivity contribution in [2.45, 2.75) is 40.0 Å². The minimum Gasteiger partial charge on any atom is -0.316 e. The molecular weight excluding hydrogens is 252 g/mol. The quantitative estimate of drug-likeness (QED) is 0.817.